The molecule has 0 bridgehead atoms. The molecule has 1 aliphatic rings. The Hall–Kier alpha value is -2.95. The van der Waals surface area contributed by atoms with Crippen LogP contribution in [0.15, 0.2) is 23.7 Å². The summed E-state index contributed by atoms with van der Waals surface area (Å²) in [5.41, 5.74) is 2.72. The second-order valence-electron chi connectivity index (χ2n) is 6.45. The number of imidazole rings is 1. The minimum Gasteiger partial charge on any atom is -0.339 e. The minimum atomic E-state index is -2.70. The first-order chi connectivity index (χ1) is 13.5. The normalized spacial score (nSPS) is 15.3. The van der Waals surface area contributed by atoms with Crippen LogP contribution in [0.5, 0.6) is 0 Å². The summed E-state index contributed by atoms with van der Waals surface area (Å²) in [6, 6.07) is 4.66. The zero-order valence-corrected chi connectivity index (χ0v) is 15.4. The van der Waals surface area contributed by atoms with Crippen LogP contribution in [-0.4, -0.2) is 50.0 Å². The van der Waals surface area contributed by atoms with E-state index >= 15 is 0 Å². The van der Waals surface area contributed by atoms with Crippen molar-refractivity contribution in [2.75, 3.05) is 18.4 Å². The number of rotatable bonds is 4. The molecule has 2 aromatic heterocycles. The van der Waals surface area contributed by atoms with Crippen LogP contribution in [0.4, 0.5) is 13.9 Å². The zero-order chi connectivity index (χ0) is 19.7. The van der Waals surface area contributed by atoms with Crippen molar-refractivity contribution in [3.05, 3.63) is 35.1 Å². The van der Waals surface area contributed by atoms with Crippen molar-refractivity contribution >= 4 is 39.3 Å². The number of anilines is 1. The number of piperidine rings is 1. The average Bonchev–Trinajstić information content (AvgIpc) is 3.36. The SMILES string of the molecule is O=C(Nc1nncs1)C1CCN(C(=O)c2ccc3nc(C(F)F)[nH]c3c2)CC1. The summed E-state index contributed by atoms with van der Waals surface area (Å²) in [4.78, 5) is 33.0. The van der Waals surface area contributed by atoms with Crippen molar-refractivity contribution in [1.29, 1.82) is 0 Å². The molecule has 4 rings (SSSR count). The largest absolute Gasteiger partial charge is 0.339 e. The van der Waals surface area contributed by atoms with Crippen molar-refractivity contribution in [1.82, 2.24) is 25.1 Å². The van der Waals surface area contributed by atoms with Crippen LogP contribution >= 0.6 is 11.3 Å². The van der Waals surface area contributed by atoms with Crippen LogP contribution in [0.25, 0.3) is 11.0 Å². The molecule has 3 heterocycles. The Kier molecular flexibility index (Phi) is 4.99. The molecule has 0 atom stereocenters. The quantitative estimate of drug-likeness (QED) is 0.693. The number of carbonyl (C=O) groups is 2. The van der Waals surface area contributed by atoms with Gasteiger partial charge in [0.05, 0.1) is 11.0 Å². The molecule has 3 aromatic rings. The Morgan fingerprint density at radius 1 is 1.29 bits per heavy atom. The number of nitrogens with zero attached hydrogens (tertiary/aromatic N) is 4. The number of aromatic amines is 1. The number of alkyl halides is 2. The predicted octanol–water partition coefficient (Wildman–Crippen LogP) is 2.84. The number of benzene rings is 1. The summed E-state index contributed by atoms with van der Waals surface area (Å²) in [6.45, 7) is 0.882. The van der Waals surface area contributed by atoms with Crippen molar-refractivity contribution < 1.29 is 18.4 Å². The number of fused-ring (bicyclic) bond motifs is 1. The second kappa shape index (κ2) is 7.58. The number of likely N-dealkylation sites (tertiary alicyclic amines) is 1. The van der Waals surface area contributed by atoms with Gasteiger partial charge in [0.15, 0.2) is 5.82 Å². The third-order valence-corrected chi connectivity index (χ3v) is 5.30. The molecule has 0 radical (unpaired) electrons. The van der Waals surface area contributed by atoms with E-state index in [2.05, 4.69) is 25.5 Å². The molecule has 0 saturated carbocycles. The van der Waals surface area contributed by atoms with Crippen LogP contribution in [-0.2, 0) is 4.79 Å². The first kappa shape index (κ1) is 18.4. The lowest BCUT2D eigenvalue weighted by molar-refractivity contribution is -0.121. The maximum Gasteiger partial charge on any atom is 0.295 e. The Balaban J connectivity index is 1.39. The van der Waals surface area contributed by atoms with E-state index < -0.39 is 12.2 Å². The van der Waals surface area contributed by atoms with E-state index in [0.29, 0.717) is 47.7 Å². The van der Waals surface area contributed by atoms with Gasteiger partial charge < -0.3 is 15.2 Å². The lowest BCUT2D eigenvalue weighted by atomic mass is 9.95. The monoisotopic (exact) mass is 406 g/mol. The van der Waals surface area contributed by atoms with E-state index in [1.54, 1.807) is 17.0 Å². The maximum atomic E-state index is 12.8. The standard InChI is InChI=1S/C17H16F2N6O2S/c18-13(19)14-21-11-2-1-10(7-12(11)22-14)16(27)25-5-3-9(4-6-25)15(26)23-17-24-20-8-28-17/h1-2,7-9,13H,3-6H2,(H,21,22)(H,23,24,26). The Bertz CT molecular complexity index is 998. The number of hydrogen-bond donors (Lipinski definition) is 2. The lowest BCUT2D eigenvalue weighted by Gasteiger charge is -2.31. The summed E-state index contributed by atoms with van der Waals surface area (Å²) in [5, 5.41) is 10.6. The summed E-state index contributed by atoms with van der Waals surface area (Å²) in [6.07, 6.45) is -1.62. The van der Waals surface area contributed by atoms with E-state index in [9.17, 15) is 18.4 Å². The van der Waals surface area contributed by atoms with Gasteiger partial charge in [-0.25, -0.2) is 13.8 Å². The van der Waals surface area contributed by atoms with Crippen LogP contribution in [0.1, 0.15) is 35.4 Å². The predicted molar refractivity (Wildman–Crippen MR) is 98.2 cm³/mol. The van der Waals surface area contributed by atoms with Gasteiger partial charge in [0.2, 0.25) is 11.0 Å². The molecule has 11 heteroatoms. The topological polar surface area (TPSA) is 104 Å². The van der Waals surface area contributed by atoms with Gasteiger partial charge in [-0.2, -0.15) is 0 Å². The fourth-order valence-corrected chi connectivity index (χ4v) is 3.68. The van der Waals surface area contributed by atoms with Gasteiger partial charge in [0, 0.05) is 24.6 Å². The highest BCUT2D eigenvalue weighted by atomic mass is 32.1. The molecule has 28 heavy (non-hydrogen) atoms. The number of halogens is 2. The molecule has 8 nitrogen and oxygen atoms in total. The summed E-state index contributed by atoms with van der Waals surface area (Å²) in [5.74, 6) is -0.932. The number of aromatic nitrogens is 4. The molecule has 1 saturated heterocycles. The Morgan fingerprint density at radius 3 is 2.75 bits per heavy atom. The van der Waals surface area contributed by atoms with Gasteiger partial charge in [-0.05, 0) is 31.0 Å². The molecule has 2 N–H and O–H groups in total. The van der Waals surface area contributed by atoms with Gasteiger partial charge >= 0.3 is 0 Å². The summed E-state index contributed by atoms with van der Waals surface area (Å²) >= 11 is 1.25. The van der Waals surface area contributed by atoms with Gasteiger partial charge in [-0.15, -0.1) is 10.2 Å². The molecule has 146 valence electrons. The highest BCUT2D eigenvalue weighted by Crippen LogP contribution is 2.24. The smallest absolute Gasteiger partial charge is 0.295 e. The molecule has 0 unspecified atom stereocenters. The second-order valence-corrected chi connectivity index (χ2v) is 7.29. The number of H-pyrrole nitrogens is 1. The molecule has 1 aromatic carbocycles. The first-order valence-corrected chi connectivity index (χ1v) is 9.53. The van der Waals surface area contributed by atoms with E-state index in [4.69, 9.17) is 0 Å². The van der Waals surface area contributed by atoms with E-state index in [1.807, 2.05) is 0 Å². The Morgan fingerprint density at radius 2 is 2.07 bits per heavy atom. The van der Waals surface area contributed by atoms with E-state index in [1.165, 1.54) is 22.9 Å². The number of amides is 2. The average molecular weight is 406 g/mol. The first-order valence-electron chi connectivity index (χ1n) is 8.65. The van der Waals surface area contributed by atoms with E-state index in [0.717, 1.165) is 0 Å². The molecular formula is C17H16F2N6O2S. The molecule has 1 fully saturated rings. The van der Waals surface area contributed by atoms with Gasteiger partial charge in [-0.1, -0.05) is 11.3 Å². The highest BCUT2D eigenvalue weighted by molar-refractivity contribution is 7.13. The van der Waals surface area contributed by atoms with Gasteiger partial charge in [-0.3, -0.25) is 9.59 Å². The fraction of sp³-hybridized carbons (Fsp3) is 0.353. The van der Waals surface area contributed by atoms with Crippen LogP contribution in [0.2, 0.25) is 0 Å². The fourth-order valence-electron chi connectivity index (χ4n) is 3.23. The molecule has 0 aliphatic carbocycles. The number of nitrogens with one attached hydrogen (secondary N) is 2. The lowest BCUT2D eigenvalue weighted by Crippen LogP contribution is -2.41. The van der Waals surface area contributed by atoms with Gasteiger partial charge in [0.25, 0.3) is 12.3 Å². The molecule has 2 amide bonds. The maximum absolute atomic E-state index is 12.8. The zero-order valence-electron chi connectivity index (χ0n) is 14.6. The molecular weight excluding hydrogens is 390 g/mol. The van der Waals surface area contributed by atoms with Crippen LogP contribution in [0, 0.1) is 5.92 Å². The highest BCUT2D eigenvalue weighted by Gasteiger charge is 2.28. The number of hydrogen-bond acceptors (Lipinski definition) is 6. The van der Waals surface area contributed by atoms with Gasteiger partial charge in [0.1, 0.15) is 5.51 Å². The van der Waals surface area contributed by atoms with E-state index in [-0.39, 0.29) is 17.7 Å². The van der Waals surface area contributed by atoms with Crippen LogP contribution < -0.4 is 5.32 Å². The molecule has 0 spiro atoms. The summed E-state index contributed by atoms with van der Waals surface area (Å²) < 4.78 is 25.5. The minimum absolute atomic E-state index is 0.123. The van der Waals surface area contributed by atoms with Crippen molar-refractivity contribution in [3.8, 4) is 0 Å². The van der Waals surface area contributed by atoms with Crippen molar-refractivity contribution in [2.24, 2.45) is 5.92 Å². The van der Waals surface area contributed by atoms with Crippen molar-refractivity contribution in [3.63, 3.8) is 0 Å². The Labute approximate surface area is 162 Å². The number of carbonyl (C=O) groups excluding carboxylic acids is 2. The third-order valence-electron chi connectivity index (χ3n) is 4.70. The molecule has 1 aliphatic heterocycles. The third kappa shape index (κ3) is 3.70. The van der Waals surface area contributed by atoms with Crippen molar-refractivity contribution in [2.45, 2.75) is 19.3 Å². The van der Waals surface area contributed by atoms with Crippen LogP contribution in [0.3, 0.4) is 0 Å². The summed E-state index contributed by atoms with van der Waals surface area (Å²) in [7, 11) is 0.